The summed E-state index contributed by atoms with van der Waals surface area (Å²) in [5.41, 5.74) is 22.0. The molecule has 4 heteroatoms. The van der Waals surface area contributed by atoms with Crippen molar-refractivity contribution < 1.29 is 0 Å². The molecule has 13 rings (SSSR count). The first-order chi connectivity index (χ1) is 31.2. The standard InChI is InChI=1S/C60H46N4/c1-35-17-23-41(24-18-35)61(53-31-37(3)15-21-39(53)5)51-29-27-43-47-33-56-48(34-55(47)63-49-13-9-7-11-45(49)57(51)59(43)63)44-28-30-52(58-46-12-8-10-14-50(46)64(56)60(44)58)62(42-25-19-36(2)20-26-42)54-32-38(4)16-22-40(54)6/h7-34H,1-6H3. The van der Waals surface area contributed by atoms with Gasteiger partial charge in [0.1, 0.15) is 0 Å². The molecule has 13 aromatic rings. The molecule has 0 aliphatic carbocycles. The second-order valence-corrected chi connectivity index (χ2v) is 18.2. The van der Waals surface area contributed by atoms with E-state index in [1.54, 1.807) is 0 Å². The van der Waals surface area contributed by atoms with E-state index in [4.69, 9.17) is 0 Å². The molecule has 0 saturated heterocycles. The van der Waals surface area contributed by atoms with E-state index >= 15 is 0 Å². The number of fused-ring (bicyclic) bond motifs is 12. The van der Waals surface area contributed by atoms with Gasteiger partial charge in [0.2, 0.25) is 0 Å². The molecule has 0 saturated carbocycles. The van der Waals surface area contributed by atoms with Crippen LogP contribution in [-0.4, -0.2) is 8.80 Å². The Labute approximate surface area is 372 Å². The highest BCUT2D eigenvalue weighted by atomic mass is 15.2. The van der Waals surface area contributed by atoms with Gasteiger partial charge >= 0.3 is 0 Å². The summed E-state index contributed by atoms with van der Waals surface area (Å²) < 4.78 is 5.10. The first-order valence-corrected chi connectivity index (χ1v) is 22.4. The molecule has 0 atom stereocenters. The number of hydrogen-bond donors (Lipinski definition) is 0. The van der Waals surface area contributed by atoms with Crippen molar-refractivity contribution >= 4 is 110 Å². The SMILES string of the molecule is Cc1ccc(N(c2cc(C)ccc2C)c2ccc3c4cc5c(cc4n4c6ccccc6c2c34)c2ccc(N(c3ccc(C)cc3)c3cc(C)ccc3C)c3c4ccccc4n5c23)cc1. The second-order valence-electron chi connectivity index (χ2n) is 18.2. The van der Waals surface area contributed by atoms with E-state index < -0.39 is 0 Å². The molecule has 0 bridgehead atoms. The Kier molecular flexibility index (Phi) is 7.67. The summed E-state index contributed by atoms with van der Waals surface area (Å²) in [5, 5.41) is 10.1. The minimum absolute atomic E-state index is 1.15. The normalized spacial score (nSPS) is 12.2. The van der Waals surface area contributed by atoms with Crippen molar-refractivity contribution in [3.63, 3.8) is 0 Å². The summed E-state index contributed by atoms with van der Waals surface area (Å²) in [7, 11) is 0. The van der Waals surface area contributed by atoms with E-state index in [1.165, 1.54) is 132 Å². The van der Waals surface area contributed by atoms with Crippen molar-refractivity contribution in [3.8, 4) is 0 Å². The molecule has 0 aliphatic heterocycles. The number of para-hydroxylation sites is 2. The lowest BCUT2D eigenvalue weighted by atomic mass is 10.0. The van der Waals surface area contributed by atoms with Gasteiger partial charge in [-0.1, -0.05) is 108 Å². The minimum atomic E-state index is 1.15. The molecular formula is C60H46N4. The first kappa shape index (κ1) is 36.8. The molecule has 4 aromatic heterocycles. The molecule has 0 N–H and O–H groups in total. The van der Waals surface area contributed by atoms with Crippen molar-refractivity contribution in [1.82, 2.24) is 8.80 Å². The molecular weight excluding hydrogens is 777 g/mol. The number of nitrogens with zero attached hydrogens (tertiary/aromatic N) is 4. The third-order valence-electron chi connectivity index (χ3n) is 14.0. The van der Waals surface area contributed by atoms with Crippen LogP contribution in [-0.2, 0) is 0 Å². The molecule has 0 fully saturated rings. The Morgan fingerprint density at radius 2 is 0.688 bits per heavy atom. The van der Waals surface area contributed by atoms with Gasteiger partial charge in [-0.25, -0.2) is 0 Å². The van der Waals surface area contributed by atoms with Crippen molar-refractivity contribution in [2.75, 3.05) is 9.80 Å². The van der Waals surface area contributed by atoms with Crippen molar-refractivity contribution in [2.45, 2.75) is 41.5 Å². The van der Waals surface area contributed by atoms with Crippen LogP contribution >= 0.6 is 0 Å². The van der Waals surface area contributed by atoms with Gasteiger partial charge in [0.15, 0.2) is 0 Å². The van der Waals surface area contributed by atoms with Gasteiger partial charge in [0.25, 0.3) is 0 Å². The third-order valence-corrected chi connectivity index (χ3v) is 14.0. The van der Waals surface area contributed by atoms with Gasteiger partial charge in [-0.2, -0.15) is 0 Å². The third kappa shape index (κ3) is 5.05. The molecule has 4 heterocycles. The quantitative estimate of drug-likeness (QED) is 0.166. The minimum Gasteiger partial charge on any atom is -0.310 e. The van der Waals surface area contributed by atoms with Crippen molar-refractivity contribution in [3.05, 3.63) is 203 Å². The fourth-order valence-corrected chi connectivity index (χ4v) is 11.0. The Balaban J connectivity index is 1.13. The summed E-state index contributed by atoms with van der Waals surface area (Å²) in [6.07, 6.45) is 0. The molecule has 0 aliphatic rings. The summed E-state index contributed by atoms with van der Waals surface area (Å²) in [6, 6.07) is 64.0. The lowest BCUT2D eigenvalue weighted by Gasteiger charge is -2.28. The van der Waals surface area contributed by atoms with E-state index in [0.717, 1.165) is 11.4 Å². The van der Waals surface area contributed by atoms with Crippen LogP contribution in [0.3, 0.4) is 0 Å². The van der Waals surface area contributed by atoms with E-state index in [1.807, 2.05) is 0 Å². The molecule has 0 spiro atoms. The largest absolute Gasteiger partial charge is 0.310 e. The van der Waals surface area contributed by atoms with Crippen LogP contribution in [0.5, 0.6) is 0 Å². The van der Waals surface area contributed by atoms with Crippen LogP contribution in [0.4, 0.5) is 34.1 Å². The topological polar surface area (TPSA) is 15.3 Å². The molecule has 4 nitrogen and oxygen atoms in total. The fraction of sp³-hybridized carbons (Fsp3) is 0.100. The highest BCUT2D eigenvalue weighted by Gasteiger charge is 2.28. The highest BCUT2D eigenvalue weighted by molar-refractivity contribution is 6.32. The zero-order valence-electron chi connectivity index (χ0n) is 37.0. The van der Waals surface area contributed by atoms with Gasteiger partial charge in [0.05, 0.1) is 44.5 Å². The zero-order chi connectivity index (χ0) is 43.1. The molecule has 0 amide bonds. The van der Waals surface area contributed by atoms with Gasteiger partial charge in [-0.15, -0.1) is 0 Å². The van der Waals surface area contributed by atoms with Crippen LogP contribution in [0, 0.1) is 41.5 Å². The van der Waals surface area contributed by atoms with Gasteiger partial charge in [-0.3, -0.25) is 0 Å². The Hall–Kier alpha value is -7.82. The number of rotatable bonds is 6. The highest BCUT2D eigenvalue weighted by Crippen LogP contribution is 2.51. The molecule has 64 heavy (non-hydrogen) atoms. The lowest BCUT2D eigenvalue weighted by Crippen LogP contribution is -2.12. The van der Waals surface area contributed by atoms with Crippen LogP contribution in [0.15, 0.2) is 170 Å². The van der Waals surface area contributed by atoms with Gasteiger partial charge in [-0.05, 0) is 137 Å². The Morgan fingerprint density at radius 3 is 1.11 bits per heavy atom. The van der Waals surface area contributed by atoms with E-state index in [2.05, 4.69) is 230 Å². The maximum Gasteiger partial charge on any atom is 0.0641 e. The summed E-state index contributed by atoms with van der Waals surface area (Å²) in [5.74, 6) is 0. The van der Waals surface area contributed by atoms with Crippen LogP contribution < -0.4 is 9.80 Å². The van der Waals surface area contributed by atoms with Crippen molar-refractivity contribution in [2.24, 2.45) is 0 Å². The van der Waals surface area contributed by atoms with Crippen molar-refractivity contribution in [1.29, 1.82) is 0 Å². The monoisotopic (exact) mass is 822 g/mol. The average Bonchev–Trinajstić information content (AvgIpc) is 4.03. The van der Waals surface area contributed by atoms with Gasteiger partial charge < -0.3 is 18.6 Å². The Bertz CT molecular complexity index is 3750. The first-order valence-electron chi connectivity index (χ1n) is 22.4. The van der Waals surface area contributed by atoms with Crippen LogP contribution in [0.25, 0.3) is 76.2 Å². The number of benzene rings is 9. The maximum absolute atomic E-state index is 2.55. The predicted octanol–water partition coefficient (Wildman–Crippen LogP) is 16.8. The number of aromatic nitrogens is 2. The van der Waals surface area contributed by atoms with Crippen LogP contribution in [0.2, 0.25) is 0 Å². The number of hydrogen-bond acceptors (Lipinski definition) is 2. The molecule has 0 radical (unpaired) electrons. The molecule has 9 aromatic carbocycles. The van der Waals surface area contributed by atoms with Gasteiger partial charge in [0, 0.05) is 65.8 Å². The Morgan fingerprint density at radius 1 is 0.297 bits per heavy atom. The molecule has 306 valence electrons. The average molecular weight is 823 g/mol. The lowest BCUT2D eigenvalue weighted by molar-refractivity contribution is 1.24. The maximum atomic E-state index is 2.55. The van der Waals surface area contributed by atoms with E-state index in [9.17, 15) is 0 Å². The summed E-state index contributed by atoms with van der Waals surface area (Å²) in [6.45, 7) is 13.2. The zero-order valence-corrected chi connectivity index (χ0v) is 37.0. The predicted molar refractivity (Wildman–Crippen MR) is 274 cm³/mol. The van der Waals surface area contributed by atoms with Crippen LogP contribution in [0.1, 0.15) is 33.4 Å². The fourth-order valence-electron chi connectivity index (χ4n) is 11.0. The number of anilines is 6. The molecule has 0 unspecified atom stereocenters. The summed E-state index contributed by atoms with van der Waals surface area (Å²) in [4.78, 5) is 4.96. The van der Waals surface area contributed by atoms with E-state index in [-0.39, 0.29) is 0 Å². The second kappa shape index (κ2) is 13.3. The smallest absolute Gasteiger partial charge is 0.0641 e. The number of aryl methyl sites for hydroxylation is 6. The van der Waals surface area contributed by atoms with E-state index in [0.29, 0.717) is 0 Å². The summed E-state index contributed by atoms with van der Waals surface area (Å²) >= 11 is 0.